The van der Waals surface area contributed by atoms with Crippen molar-refractivity contribution < 1.29 is 4.79 Å². The number of hydrogen-bond donors (Lipinski definition) is 1. The number of carbonyl (C=O) groups is 1. The molecule has 2 aliphatic heterocycles. The Morgan fingerprint density at radius 1 is 1.17 bits per heavy atom. The van der Waals surface area contributed by atoms with Crippen molar-refractivity contribution >= 4 is 18.3 Å². The lowest BCUT2D eigenvalue weighted by molar-refractivity contribution is -0.130. The van der Waals surface area contributed by atoms with Crippen LogP contribution in [-0.4, -0.2) is 85.0 Å². The van der Waals surface area contributed by atoms with Gasteiger partial charge in [0.15, 0.2) is 0 Å². The van der Waals surface area contributed by atoms with Crippen LogP contribution in [0.5, 0.6) is 0 Å². The van der Waals surface area contributed by atoms with Gasteiger partial charge in [0.25, 0.3) is 0 Å². The molecule has 2 saturated heterocycles. The predicted octanol–water partition coefficient (Wildman–Crippen LogP) is 1.71. The number of carbonyl (C=O) groups excluding carboxylic acids is 1. The lowest BCUT2D eigenvalue weighted by atomic mass is 9.68. The Morgan fingerprint density at radius 2 is 1.97 bits per heavy atom. The molecule has 29 heavy (non-hydrogen) atoms. The molecule has 6 fully saturated rings. The minimum atomic E-state index is -0.202. The van der Waals surface area contributed by atoms with Crippen molar-refractivity contribution in [2.45, 2.75) is 56.5 Å². The Kier molecular flexibility index (Phi) is 5.89. The second kappa shape index (κ2) is 8.00. The van der Waals surface area contributed by atoms with Crippen LogP contribution in [-0.2, 0) is 4.79 Å². The van der Waals surface area contributed by atoms with Crippen LogP contribution < -0.4 is 5.32 Å². The standard InChI is InChI=1S/C22H35N5O.ClH/c1-25-5-7-26(8-6-25)16-21-10-17-9-18(12-21)22(11-17,15-21)24-14-20(28)27-4-2-3-19(27)13-23;/h17-19,24H,2-12,14-16H2,1H3;1H/t17?,18?,19-,21?,22?;/m0./s1. The molecule has 7 heteroatoms. The molecule has 1 N–H and O–H groups in total. The van der Waals surface area contributed by atoms with Crippen LogP contribution >= 0.6 is 12.4 Å². The number of amides is 1. The summed E-state index contributed by atoms with van der Waals surface area (Å²) in [4.78, 5) is 19.7. The van der Waals surface area contributed by atoms with E-state index in [-0.39, 0.29) is 29.9 Å². The van der Waals surface area contributed by atoms with Crippen LogP contribution in [0.2, 0.25) is 0 Å². The zero-order valence-corrected chi connectivity index (χ0v) is 18.6. The highest BCUT2D eigenvalue weighted by Crippen LogP contribution is 2.66. The first-order chi connectivity index (χ1) is 13.5. The van der Waals surface area contributed by atoms with Crippen LogP contribution in [0, 0.1) is 28.6 Å². The fourth-order valence-electron chi connectivity index (χ4n) is 7.57. The van der Waals surface area contributed by atoms with E-state index < -0.39 is 0 Å². The zero-order valence-electron chi connectivity index (χ0n) is 17.7. The molecule has 6 rings (SSSR count). The molecule has 0 aromatic carbocycles. The minimum absolute atomic E-state index is 0. The molecular weight excluding hydrogens is 386 g/mol. The first kappa shape index (κ1) is 21.4. The molecule has 1 amide bonds. The van der Waals surface area contributed by atoms with Gasteiger partial charge in [-0.1, -0.05) is 0 Å². The van der Waals surface area contributed by atoms with Gasteiger partial charge in [-0.05, 0) is 69.2 Å². The van der Waals surface area contributed by atoms with Crippen LogP contribution in [0.3, 0.4) is 0 Å². The van der Waals surface area contributed by atoms with Gasteiger partial charge in [-0.25, -0.2) is 0 Å². The fourth-order valence-corrected chi connectivity index (χ4v) is 7.57. The van der Waals surface area contributed by atoms with Crippen molar-refractivity contribution in [3.8, 4) is 6.07 Å². The number of likely N-dealkylation sites (N-methyl/N-ethyl adjacent to an activating group) is 1. The largest absolute Gasteiger partial charge is 0.326 e. The fraction of sp³-hybridized carbons (Fsp3) is 0.909. The summed E-state index contributed by atoms with van der Waals surface area (Å²) in [5.74, 6) is 1.73. The third-order valence-electron chi connectivity index (χ3n) is 8.61. The van der Waals surface area contributed by atoms with Crippen molar-refractivity contribution in [3.63, 3.8) is 0 Å². The van der Waals surface area contributed by atoms with Gasteiger partial charge >= 0.3 is 0 Å². The Bertz CT molecular complexity index is 675. The summed E-state index contributed by atoms with van der Waals surface area (Å²) in [6.45, 7) is 7.23. The molecule has 162 valence electrons. The molecule has 4 bridgehead atoms. The maximum absolute atomic E-state index is 12.8. The van der Waals surface area contributed by atoms with Gasteiger partial charge in [-0.3, -0.25) is 4.79 Å². The van der Waals surface area contributed by atoms with Gasteiger partial charge in [0.2, 0.25) is 5.91 Å². The number of hydrogen-bond acceptors (Lipinski definition) is 5. The molecule has 4 saturated carbocycles. The van der Waals surface area contributed by atoms with E-state index in [0.29, 0.717) is 12.0 Å². The third kappa shape index (κ3) is 3.80. The number of halogens is 1. The molecule has 6 aliphatic rings. The van der Waals surface area contributed by atoms with E-state index in [1.165, 1.54) is 64.8 Å². The minimum Gasteiger partial charge on any atom is -0.326 e. The number of nitriles is 1. The Morgan fingerprint density at radius 3 is 2.72 bits per heavy atom. The summed E-state index contributed by atoms with van der Waals surface area (Å²) >= 11 is 0. The highest BCUT2D eigenvalue weighted by molar-refractivity contribution is 5.85. The van der Waals surface area contributed by atoms with Crippen molar-refractivity contribution in [1.29, 1.82) is 5.26 Å². The lowest BCUT2D eigenvalue weighted by Gasteiger charge is -2.45. The summed E-state index contributed by atoms with van der Waals surface area (Å²) < 4.78 is 0. The van der Waals surface area contributed by atoms with E-state index in [4.69, 9.17) is 0 Å². The average molecular weight is 422 g/mol. The molecule has 4 unspecified atom stereocenters. The smallest absolute Gasteiger partial charge is 0.237 e. The Hall–Kier alpha value is -0.870. The van der Waals surface area contributed by atoms with E-state index in [1.54, 1.807) is 0 Å². The summed E-state index contributed by atoms with van der Waals surface area (Å²) in [5.41, 5.74) is 0.660. The van der Waals surface area contributed by atoms with Crippen LogP contribution in [0.4, 0.5) is 0 Å². The molecule has 0 radical (unpaired) electrons. The van der Waals surface area contributed by atoms with Gasteiger partial charge in [0.1, 0.15) is 6.04 Å². The van der Waals surface area contributed by atoms with Crippen LogP contribution in [0.1, 0.15) is 44.9 Å². The molecule has 0 aromatic rings. The summed E-state index contributed by atoms with van der Waals surface area (Å²) in [6, 6.07) is 2.10. The summed E-state index contributed by atoms with van der Waals surface area (Å²) in [7, 11) is 2.23. The predicted molar refractivity (Wildman–Crippen MR) is 115 cm³/mol. The number of nitrogens with one attached hydrogen (secondary N) is 1. The molecular formula is C22H36ClN5O. The van der Waals surface area contributed by atoms with E-state index in [9.17, 15) is 10.1 Å². The second-order valence-corrected chi connectivity index (χ2v) is 10.6. The molecule has 6 nitrogen and oxygen atoms in total. The monoisotopic (exact) mass is 421 g/mol. The van der Waals surface area contributed by atoms with Gasteiger partial charge in [0, 0.05) is 44.8 Å². The van der Waals surface area contributed by atoms with Crippen molar-refractivity contribution in [2.75, 3.05) is 52.9 Å². The number of likely N-dealkylation sites (tertiary alicyclic amines) is 1. The molecule has 2 heterocycles. The molecule has 5 atom stereocenters. The van der Waals surface area contributed by atoms with Crippen molar-refractivity contribution in [3.05, 3.63) is 0 Å². The average Bonchev–Trinajstić information content (AvgIpc) is 3.30. The van der Waals surface area contributed by atoms with E-state index in [0.717, 1.165) is 31.2 Å². The third-order valence-corrected chi connectivity index (χ3v) is 8.61. The summed E-state index contributed by atoms with van der Waals surface area (Å²) in [6.07, 6.45) is 8.42. The molecule has 0 aromatic heterocycles. The van der Waals surface area contributed by atoms with Crippen molar-refractivity contribution in [1.82, 2.24) is 20.0 Å². The second-order valence-electron chi connectivity index (χ2n) is 10.6. The van der Waals surface area contributed by atoms with Crippen LogP contribution in [0.25, 0.3) is 0 Å². The Balaban J connectivity index is 0.00000205. The van der Waals surface area contributed by atoms with Gasteiger partial charge < -0.3 is 20.0 Å². The number of rotatable bonds is 5. The lowest BCUT2D eigenvalue weighted by Crippen LogP contribution is -2.53. The van der Waals surface area contributed by atoms with Gasteiger partial charge in [-0.15, -0.1) is 12.4 Å². The van der Waals surface area contributed by atoms with Crippen molar-refractivity contribution in [2.24, 2.45) is 17.3 Å². The topological polar surface area (TPSA) is 62.6 Å². The van der Waals surface area contributed by atoms with Gasteiger partial charge in [-0.2, -0.15) is 5.26 Å². The Labute approximate surface area is 181 Å². The summed E-state index contributed by atoms with van der Waals surface area (Å²) in [5, 5.41) is 13.1. The maximum atomic E-state index is 12.8. The zero-order chi connectivity index (χ0) is 19.4. The first-order valence-electron chi connectivity index (χ1n) is 11.4. The van der Waals surface area contributed by atoms with E-state index in [2.05, 4.69) is 28.2 Å². The highest BCUT2D eigenvalue weighted by Gasteiger charge is 2.63. The quantitative estimate of drug-likeness (QED) is 0.732. The van der Waals surface area contributed by atoms with E-state index >= 15 is 0 Å². The SMILES string of the molecule is CN1CCN(CC23CC4CC(C2)C(NCC(=O)N2CCC[C@H]2C#N)(C4)C3)CC1.Cl. The molecule has 4 aliphatic carbocycles. The highest BCUT2D eigenvalue weighted by atomic mass is 35.5. The number of piperazine rings is 1. The number of nitrogens with zero attached hydrogens (tertiary/aromatic N) is 4. The van der Waals surface area contributed by atoms with Gasteiger partial charge in [0.05, 0.1) is 12.6 Å². The van der Waals surface area contributed by atoms with E-state index in [1.807, 2.05) is 4.90 Å². The normalized spacial score (nSPS) is 41.5. The first-order valence-corrected chi connectivity index (χ1v) is 11.4. The maximum Gasteiger partial charge on any atom is 0.237 e. The van der Waals surface area contributed by atoms with Crippen LogP contribution in [0.15, 0.2) is 0 Å². The molecule has 0 spiro atoms.